The highest BCUT2D eigenvalue weighted by Gasteiger charge is 2.15. The van der Waals surface area contributed by atoms with E-state index in [1.165, 1.54) is 57.9 Å². The van der Waals surface area contributed by atoms with E-state index in [2.05, 4.69) is 39.6 Å². The van der Waals surface area contributed by atoms with Gasteiger partial charge in [0, 0.05) is 6.04 Å². The Bertz CT molecular complexity index is 152. The van der Waals surface area contributed by atoms with Crippen LogP contribution >= 0.6 is 0 Å². The summed E-state index contributed by atoms with van der Waals surface area (Å²) in [6.07, 6.45) is 10.9. The minimum atomic E-state index is 0.826. The third kappa shape index (κ3) is 7.81. The first-order valence-corrected chi connectivity index (χ1v) is 7.89. The normalized spacial score (nSPS) is 13.6. The van der Waals surface area contributed by atoms with Crippen LogP contribution in [-0.2, 0) is 0 Å². The minimum absolute atomic E-state index is 0.826. The average molecular weight is 241 g/mol. The molecule has 0 saturated carbocycles. The van der Waals surface area contributed by atoms with Crippen molar-refractivity contribution in [2.45, 2.75) is 85.1 Å². The third-order valence-corrected chi connectivity index (χ3v) is 4.17. The Kier molecular flexibility index (Phi) is 11.0. The molecule has 0 aliphatic heterocycles. The topological polar surface area (TPSA) is 3.24 Å². The second kappa shape index (κ2) is 11.1. The molecular weight excluding hydrogens is 206 g/mol. The first-order valence-electron chi connectivity index (χ1n) is 7.89. The molecule has 0 unspecified atom stereocenters. The smallest absolute Gasteiger partial charge is 0.00922 e. The fourth-order valence-corrected chi connectivity index (χ4v) is 2.63. The molecule has 0 spiro atoms. The molecule has 0 aromatic carbocycles. The van der Waals surface area contributed by atoms with E-state index < -0.39 is 0 Å². The van der Waals surface area contributed by atoms with Crippen molar-refractivity contribution >= 4 is 0 Å². The van der Waals surface area contributed by atoms with Crippen molar-refractivity contribution in [3.05, 3.63) is 0 Å². The van der Waals surface area contributed by atoms with Crippen LogP contribution in [0.1, 0.15) is 79.1 Å². The lowest BCUT2D eigenvalue weighted by atomic mass is 9.93. The van der Waals surface area contributed by atoms with Gasteiger partial charge in [-0.25, -0.2) is 0 Å². The maximum Gasteiger partial charge on any atom is 0.00922 e. The molecule has 0 aliphatic carbocycles. The summed E-state index contributed by atoms with van der Waals surface area (Å²) in [6, 6.07) is 0.826. The van der Waals surface area contributed by atoms with Crippen LogP contribution in [0.4, 0.5) is 0 Å². The molecule has 0 radical (unpaired) electrons. The molecule has 0 heterocycles. The van der Waals surface area contributed by atoms with Crippen LogP contribution < -0.4 is 0 Å². The van der Waals surface area contributed by atoms with Crippen LogP contribution in [0, 0.1) is 5.92 Å². The van der Waals surface area contributed by atoms with Crippen molar-refractivity contribution in [3.8, 4) is 0 Å². The van der Waals surface area contributed by atoms with Crippen LogP contribution in [0.15, 0.2) is 0 Å². The monoisotopic (exact) mass is 241 g/mol. The number of unbranched alkanes of at least 4 members (excludes halogenated alkanes) is 1. The van der Waals surface area contributed by atoms with E-state index in [-0.39, 0.29) is 0 Å². The predicted octanol–water partition coefficient (Wildman–Crippen LogP) is 5.10. The van der Waals surface area contributed by atoms with Crippen molar-refractivity contribution < 1.29 is 0 Å². The van der Waals surface area contributed by atoms with Gasteiger partial charge in [-0.2, -0.15) is 0 Å². The van der Waals surface area contributed by atoms with Crippen molar-refractivity contribution in [1.29, 1.82) is 0 Å². The zero-order chi connectivity index (χ0) is 13.1. The van der Waals surface area contributed by atoms with Crippen LogP contribution in [-0.4, -0.2) is 24.5 Å². The van der Waals surface area contributed by atoms with E-state index in [0.717, 1.165) is 12.0 Å². The molecule has 0 saturated heterocycles. The molecule has 1 atom stereocenters. The fourth-order valence-electron chi connectivity index (χ4n) is 2.63. The summed E-state index contributed by atoms with van der Waals surface area (Å²) >= 11 is 0. The summed E-state index contributed by atoms with van der Waals surface area (Å²) in [7, 11) is 2.32. The van der Waals surface area contributed by atoms with E-state index in [1.54, 1.807) is 0 Å². The Hall–Kier alpha value is -0.0400. The van der Waals surface area contributed by atoms with Gasteiger partial charge >= 0.3 is 0 Å². The highest BCUT2D eigenvalue weighted by Crippen LogP contribution is 2.20. The van der Waals surface area contributed by atoms with Crippen LogP contribution in [0.3, 0.4) is 0 Å². The summed E-state index contributed by atoms with van der Waals surface area (Å²) in [5.41, 5.74) is 0. The van der Waals surface area contributed by atoms with Crippen molar-refractivity contribution in [1.82, 2.24) is 4.90 Å². The van der Waals surface area contributed by atoms with Gasteiger partial charge in [0.25, 0.3) is 0 Å². The van der Waals surface area contributed by atoms with Gasteiger partial charge < -0.3 is 4.90 Å². The number of nitrogens with zero attached hydrogens (tertiary/aromatic N) is 1. The lowest BCUT2D eigenvalue weighted by Gasteiger charge is -2.29. The summed E-state index contributed by atoms with van der Waals surface area (Å²) in [4.78, 5) is 2.61. The quantitative estimate of drug-likeness (QED) is 0.486. The summed E-state index contributed by atoms with van der Waals surface area (Å²) < 4.78 is 0. The van der Waals surface area contributed by atoms with Gasteiger partial charge in [-0.3, -0.25) is 0 Å². The first kappa shape index (κ1) is 17.0. The Morgan fingerprint density at radius 3 is 1.94 bits per heavy atom. The highest BCUT2D eigenvalue weighted by atomic mass is 15.1. The van der Waals surface area contributed by atoms with Gasteiger partial charge in [-0.05, 0) is 45.2 Å². The highest BCUT2D eigenvalue weighted by molar-refractivity contribution is 4.70. The van der Waals surface area contributed by atoms with E-state index in [1.807, 2.05) is 0 Å². The third-order valence-electron chi connectivity index (χ3n) is 4.17. The molecule has 0 aromatic rings. The minimum Gasteiger partial charge on any atom is -0.303 e. The second-order valence-electron chi connectivity index (χ2n) is 5.54. The van der Waals surface area contributed by atoms with Gasteiger partial charge in [0.1, 0.15) is 0 Å². The zero-order valence-electron chi connectivity index (χ0n) is 13.0. The SMILES string of the molecule is CCCCN(C)[C@@H](CCC)CCC(CC)CC. The number of hydrogen-bond acceptors (Lipinski definition) is 1. The predicted molar refractivity (Wildman–Crippen MR) is 79.5 cm³/mol. The van der Waals surface area contributed by atoms with Crippen LogP contribution in [0.2, 0.25) is 0 Å². The van der Waals surface area contributed by atoms with Crippen LogP contribution in [0.25, 0.3) is 0 Å². The van der Waals surface area contributed by atoms with Gasteiger partial charge in [-0.1, -0.05) is 53.4 Å². The Labute approximate surface area is 110 Å². The van der Waals surface area contributed by atoms with E-state index in [4.69, 9.17) is 0 Å². The molecule has 0 amide bonds. The maximum absolute atomic E-state index is 2.61. The zero-order valence-corrected chi connectivity index (χ0v) is 13.0. The molecule has 17 heavy (non-hydrogen) atoms. The molecule has 0 fully saturated rings. The lowest BCUT2D eigenvalue weighted by molar-refractivity contribution is 0.201. The Morgan fingerprint density at radius 2 is 1.47 bits per heavy atom. The number of hydrogen-bond donors (Lipinski definition) is 0. The summed E-state index contributed by atoms with van der Waals surface area (Å²) in [5, 5.41) is 0. The second-order valence-corrected chi connectivity index (χ2v) is 5.54. The van der Waals surface area contributed by atoms with Gasteiger partial charge in [0.05, 0.1) is 0 Å². The lowest BCUT2D eigenvalue weighted by Crippen LogP contribution is -2.32. The fraction of sp³-hybridized carbons (Fsp3) is 1.00. The Balaban J connectivity index is 4.03. The average Bonchev–Trinajstić information content (AvgIpc) is 2.35. The van der Waals surface area contributed by atoms with E-state index in [0.29, 0.717) is 0 Å². The van der Waals surface area contributed by atoms with Gasteiger partial charge in [0.2, 0.25) is 0 Å². The molecule has 0 aromatic heterocycles. The maximum atomic E-state index is 2.61. The summed E-state index contributed by atoms with van der Waals surface area (Å²) in [5.74, 6) is 0.953. The van der Waals surface area contributed by atoms with Crippen LogP contribution in [0.5, 0.6) is 0 Å². The number of rotatable bonds is 11. The van der Waals surface area contributed by atoms with Gasteiger partial charge in [-0.15, -0.1) is 0 Å². The molecule has 0 aliphatic rings. The van der Waals surface area contributed by atoms with Crippen molar-refractivity contribution in [2.75, 3.05) is 13.6 Å². The molecule has 0 rings (SSSR count). The standard InChI is InChI=1S/C16H35N/c1-6-10-14-17(5)16(11-7-2)13-12-15(8-3)9-4/h15-16H,6-14H2,1-5H3/t16-/m0/s1. The van der Waals surface area contributed by atoms with Crippen molar-refractivity contribution in [3.63, 3.8) is 0 Å². The Morgan fingerprint density at radius 1 is 0.824 bits per heavy atom. The molecular formula is C16H35N. The largest absolute Gasteiger partial charge is 0.303 e. The van der Waals surface area contributed by atoms with Gasteiger partial charge in [0.15, 0.2) is 0 Å². The summed E-state index contributed by atoms with van der Waals surface area (Å²) in [6.45, 7) is 10.6. The molecule has 0 bridgehead atoms. The molecule has 104 valence electrons. The van der Waals surface area contributed by atoms with Crippen molar-refractivity contribution in [2.24, 2.45) is 5.92 Å². The van der Waals surface area contributed by atoms with E-state index in [9.17, 15) is 0 Å². The molecule has 1 heteroatoms. The van der Waals surface area contributed by atoms with E-state index >= 15 is 0 Å². The molecule has 0 N–H and O–H groups in total. The molecule has 1 nitrogen and oxygen atoms in total. The first-order chi connectivity index (χ1) is 8.19.